The Bertz CT molecular complexity index is 989. The summed E-state index contributed by atoms with van der Waals surface area (Å²) in [6.07, 6.45) is -4.65. The summed E-state index contributed by atoms with van der Waals surface area (Å²) < 4.78 is 49.3. The van der Waals surface area contributed by atoms with Gasteiger partial charge in [0.15, 0.2) is 12.0 Å². The maximum atomic E-state index is 12.9. The first-order valence-corrected chi connectivity index (χ1v) is 7.21. The van der Waals surface area contributed by atoms with Crippen molar-refractivity contribution in [2.45, 2.75) is 6.18 Å². The molecule has 0 aliphatic rings. The lowest BCUT2D eigenvalue weighted by Crippen LogP contribution is -2.18. The Morgan fingerprint density at radius 3 is 2.48 bits per heavy atom. The molecule has 1 aromatic heterocycles. The third-order valence-corrected chi connectivity index (χ3v) is 3.49. The molecule has 128 valence electrons. The van der Waals surface area contributed by atoms with Crippen LogP contribution in [0, 0.1) is 0 Å². The van der Waals surface area contributed by atoms with Gasteiger partial charge in [-0.3, -0.25) is 9.59 Å². The van der Waals surface area contributed by atoms with Crippen LogP contribution in [0.2, 0.25) is 0 Å². The Kier molecular flexibility index (Phi) is 4.31. The second kappa shape index (κ2) is 6.43. The normalized spacial score (nSPS) is 11.5. The molecule has 0 bridgehead atoms. The highest BCUT2D eigenvalue weighted by atomic mass is 19.4. The topological polar surface area (TPSA) is 56.5 Å². The van der Waals surface area contributed by atoms with E-state index in [2.05, 4.69) is 0 Å². The van der Waals surface area contributed by atoms with Gasteiger partial charge >= 0.3 is 6.18 Å². The molecule has 4 nitrogen and oxygen atoms in total. The predicted molar refractivity (Wildman–Crippen MR) is 83.8 cm³/mol. The van der Waals surface area contributed by atoms with Crippen molar-refractivity contribution in [3.05, 3.63) is 75.9 Å². The molecule has 0 fully saturated rings. The number of rotatable bonds is 4. The van der Waals surface area contributed by atoms with Crippen LogP contribution >= 0.6 is 0 Å². The quantitative estimate of drug-likeness (QED) is 0.667. The Morgan fingerprint density at radius 2 is 1.72 bits per heavy atom. The smallest absolute Gasteiger partial charge is 0.417 e. The number of ether oxygens (including phenoxy) is 1. The van der Waals surface area contributed by atoms with Crippen molar-refractivity contribution in [1.29, 1.82) is 0 Å². The van der Waals surface area contributed by atoms with E-state index in [1.165, 1.54) is 12.1 Å². The van der Waals surface area contributed by atoms with Gasteiger partial charge in [-0.2, -0.15) is 13.2 Å². The van der Waals surface area contributed by atoms with Crippen molar-refractivity contribution in [3.8, 4) is 5.95 Å². The Morgan fingerprint density at radius 1 is 1.04 bits per heavy atom. The zero-order chi connectivity index (χ0) is 18.0. The van der Waals surface area contributed by atoms with Gasteiger partial charge in [-0.25, -0.2) is 0 Å². The van der Waals surface area contributed by atoms with Crippen molar-refractivity contribution in [2.75, 3.05) is 6.61 Å². The van der Waals surface area contributed by atoms with Crippen molar-refractivity contribution in [3.63, 3.8) is 0 Å². The number of carbonyl (C=O) groups excluding carboxylic acids is 1. The highest BCUT2D eigenvalue weighted by Gasteiger charge is 2.34. The number of alkyl halides is 3. The van der Waals surface area contributed by atoms with E-state index < -0.39 is 29.7 Å². The van der Waals surface area contributed by atoms with E-state index >= 15 is 0 Å². The third kappa shape index (κ3) is 3.55. The number of Topliss-reactive ketones (excluding diaryl/α,β-unsaturated/α-hetero) is 1. The minimum atomic E-state index is -4.65. The Labute approximate surface area is 139 Å². The van der Waals surface area contributed by atoms with Crippen LogP contribution in [0.5, 0.6) is 5.95 Å². The first-order chi connectivity index (χ1) is 11.9. The summed E-state index contributed by atoms with van der Waals surface area (Å²) in [6, 6.07) is 11.9. The van der Waals surface area contributed by atoms with Crippen molar-refractivity contribution in [2.24, 2.45) is 0 Å². The highest BCUT2D eigenvalue weighted by Crippen LogP contribution is 2.32. The highest BCUT2D eigenvalue weighted by molar-refractivity contribution is 5.98. The van der Waals surface area contributed by atoms with E-state index in [0.29, 0.717) is 5.39 Å². The van der Waals surface area contributed by atoms with Gasteiger partial charge in [0.1, 0.15) is 5.58 Å². The number of ketones is 1. The number of halogens is 3. The molecule has 0 radical (unpaired) electrons. The second-order valence-corrected chi connectivity index (χ2v) is 5.18. The predicted octanol–water partition coefficient (Wildman–Crippen LogP) is 4.07. The Balaban J connectivity index is 1.83. The molecular weight excluding hydrogens is 337 g/mol. The lowest BCUT2D eigenvalue weighted by Gasteiger charge is -2.12. The van der Waals surface area contributed by atoms with Crippen LogP contribution in [0.15, 0.2) is 63.8 Å². The third-order valence-electron chi connectivity index (χ3n) is 3.49. The number of hydrogen-bond donors (Lipinski definition) is 0. The molecule has 25 heavy (non-hydrogen) atoms. The van der Waals surface area contributed by atoms with Gasteiger partial charge in [-0.05, 0) is 18.2 Å². The molecule has 0 aliphatic heterocycles. The van der Waals surface area contributed by atoms with Gasteiger partial charge in [-0.1, -0.05) is 30.3 Å². The van der Waals surface area contributed by atoms with Gasteiger partial charge < -0.3 is 9.15 Å². The van der Waals surface area contributed by atoms with Crippen molar-refractivity contribution in [1.82, 2.24) is 0 Å². The summed E-state index contributed by atoms with van der Waals surface area (Å²) in [4.78, 5) is 24.0. The van der Waals surface area contributed by atoms with Crippen molar-refractivity contribution >= 4 is 16.8 Å². The van der Waals surface area contributed by atoms with E-state index in [9.17, 15) is 22.8 Å². The molecule has 0 unspecified atom stereocenters. The molecule has 0 amide bonds. The molecule has 0 aliphatic carbocycles. The molecule has 0 spiro atoms. The lowest BCUT2D eigenvalue weighted by molar-refractivity contribution is -0.137. The first kappa shape index (κ1) is 16.8. The zero-order valence-electron chi connectivity index (χ0n) is 12.7. The molecule has 3 aromatic rings. The number of benzene rings is 2. The number of hydrogen-bond acceptors (Lipinski definition) is 4. The van der Waals surface area contributed by atoms with E-state index in [4.69, 9.17) is 9.15 Å². The van der Waals surface area contributed by atoms with Crippen LogP contribution in [0.3, 0.4) is 0 Å². The second-order valence-electron chi connectivity index (χ2n) is 5.18. The van der Waals surface area contributed by atoms with E-state index in [1.807, 2.05) is 0 Å². The summed E-state index contributed by atoms with van der Waals surface area (Å²) in [5.41, 5.74) is -1.66. The fraction of sp³-hybridized carbons (Fsp3) is 0.111. The van der Waals surface area contributed by atoms with E-state index in [1.54, 1.807) is 24.3 Å². The summed E-state index contributed by atoms with van der Waals surface area (Å²) in [5, 5.41) is 0.337. The molecule has 0 atom stereocenters. The maximum Gasteiger partial charge on any atom is 0.417 e. The molecule has 1 heterocycles. The summed E-state index contributed by atoms with van der Waals surface area (Å²) in [5.74, 6) is -1.11. The fourth-order valence-electron chi connectivity index (χ4n) is 2.34. The van der Waals surface area contributed by atoms with Crippen LogP contribution in [-0.2, 0) is 6.18 Å². The summed E-state index contributed by atoms with van der Waals surface area (Å²) in [7, 11) is 0. The van der Waals surface area contributed by atoms with Gasteiger partial charge in [0.25, 0.3) is 5.95 Å². The Hall–Kier alpha value is -3.09. The lowest BCUT2D eigenvalue weighted by atomic mass is 10.0. The van der Waals surface area contributed by atoms with Gasteiger partial charge in [0.2, 0.25) is 5.78 Å². The molecule has 0 saturated carbocycles. The van der Waals surface area contributed by atoms with Crippen LogP contribution < -0.4 is 10.2 Å². The number of fused-ring (bicyclic) bond motifs is 1. The molecule has 0 N–H and O–H groups in total. The standard InChI is InChI=1S/C18H11F3O4/c19-18(20,21)13-7-3-1-5-11(13)15(23)10-24-17-9-14(22)12-6-2-4-8-16(12)25-17/h1-9H,10H2. The van der Waals surface area contributed by atoms with Crippen molar-refractivity contribution < 1.29 is 27.1 Å². The number of carbonyl (C=O) groups is 1. The molecular formula is C18H11F3O4. The van der Waals surface area contributed by atoms with Gasteiger partial charge in [0.05, 0.1) is 17.0 Å². The number of para-hydroxylation sites is 1. The minimum Gasteiger partial charge on any atom is -0.457 e. The van der Waals surface area contributed by atoms with Crippen LogP contribution in [0.25, 0.3) is 11.0 Å². The van der Waals surface area contributed by atoms with Crippen LogP contribution in [-0.4, -0.2) is 12.4 Å². The molecule has 2 aromatic carbocycles. The van der Waals surface area contributed by atoms with E-state index in [-0.39, 0.29) is 17.0 Å². The minimum absolute atomic E-state index is 0.235. The average molecular weight is 348 g/mol. The first-order valence-electron chi connectivity index (χ1n) is 7.21. The maximum absolute atomic E-state index is 12.9. The van der Waals surface area contributed by atoms with Crippen LogP contribution in [0.1, 0.15) is 15.9 Å². The van der Waals surface area contributed by atoms with E-state index in [0.717, 1.165) is 18.2 Å². The summed E-state index contributed by atoms with van der Waals surface area (Å²) in [6.45, 7) is -0.686. The molecule has 0 saturated heterocycles. The largest absolute Gasteiger partial charge is 0.457 e. The SMILES string of the molecule is O=C(COc1cc(=O)c2ccccc2o1)c1ccccc1C(F)(F)F. The molecule has 3 rings (SSSR count). The average Bonchev–Trinajstić information content (AvgIpc) is 2.59. The van der Waals surface area contributed by atoms with Crippen LogP contribution in [0.4, 0.5) is 13.2 Å². The monoisotopic (exact) mass is 348 g/mol. The van der Waals surface area contributed by atoms with Gasteiger partial charge in [-0.15, -0.1) is 0 Å². The zero-order valence-corrected chi connectivity index (χ0v) is 12.7. The summed E-state index contributed by atoms with van der Waals surface area (Å²) >= 11 is 0. The van der Waals surface area contributed by atoms with Gasteiger partial charge in [0, 0.05) is 5.56 Å². The fourth-order valence-corrected chi connectivity index (χ4v) is 2.34. The molecule has 7 heteroatoms.